The fraction of sp³-hybridized carbons (Fsp3) is 0.400. The molecule has 70 valence electrons. The van der Waals surface area contributed by atoms with Crippen LogP contribution in [0.5, 0.6) is 5.75 Å². The Labute approximate surface area is 85.7 Å². The van der Waals surface area contributed by atoms with Crippen LogP contribution in [0.2, 0.25) is 0 Å². The van der Waals surface area contributed by atoms with E-state index in [1.165, 1.54) is 0 Å². The van der Waals surface area contributed by atoms with E-state index >= 15 is 0 Å². The van der Waals surface area contributed by atoms with Crippen LogP contribution in [0.4, 0.5) is 0 Å². The molecule has 0 bridgehead atoms. The van der Waals surface area contributed by atoms with E-state index in [9.17, 15) is 5.11 Å². The van der Waals surface area contributed by atoms with Crippen LogP contribution >= 0.6 is 15.9 Å². The molecule has 3 heteroatoms. The molecule has 1 atom stereocenters. The molecule has 1 heterocycles. The van der Waals surface area contributed by atoms with Gasteiger partial charge < -0.3 is 9.84 Å². The second-order valence-electron chi connectivity index (χ2n) is 3.16. The zero-order valence-electron chi connectivity index (χ0n) is 7.16. The smallest absolute Gasteiger partial charge is 0.139 e. The van der Waals surface area contributed by atoms with Gasteiger partial charge >= 0.3 is 0 Å². The highest BCUT2D eigenvalue weighted by Gasteiger charge is 2.18. The first kappa shape index (κ1) is 9.03. The van der Waals surface area contributed by atoms with Gasteiger partial charge in [-0.1, -0.05) is 12.1 Å². The van der Waals surface area contributed by atoms with E-state index in [1.807, 2.05) is 18.2 Å². The molecule has 0 fully saturated rings. The molecule has 1 aromatic rings. The lowest BCUT2D eigenvalue weighted by atomic mass is 10.1. The minimum atomic E-state index is -0.380. The van der Waals surface area contributed by atoms with Crippen molar-refractivity contribution >= 4 is 15.9 Å². The lowest BCUT2D eigenvalue weighted by molar-refractivity contribution is 0.167. The molecule has 0 amide bonds. The van der Waals surface area contributed by atoms with E-state index in [0.29, 0.717) is 6.61 Å². The minimum Gasteiger partial charge on any atom is -0.492 e. The van der Waals surface area contributed by atoms with Gasteiger partial charge in [-0.15, -0.1) is 0 Å². The summed E-state index contributed by atoms with van der Waals surface area (Å²) in [5, 5.41) is 9.76. The average molecular weight is 243 g/mol. The van der Waals surface area contributed by atoms with Crippen LogP contribution in [-0.2, 0) is 0 Å². The van der Waals surface area contributed by atoms with Crippen LogP contribution in [0.15, 0.2) is 22.7 Å². The number of halogens is 1. The Bertz CT molecular complexity index is 312. The number of hydrogen-bond acceptors (Lipinski definition) is 2. The Morgan fingerprint density at radius 3 is 3.15 bits per heavy atom. The van der Waals surface area contributed by atoms with Gasteiger partial charge in [0.1, 0.15) is 5.75 Å². The van der Waals surface area contributed by atoms with Gasteiger partial charge in [0.15, 0.2) is 0 Å². The first-order valence-electron chi connectivity index (χ1n) is 4.38. The molecule has 0 aromatic heterocycles. The largest absolute Gasteiger partial charge is 0.492 e. The molecular formula is C10H11BrO2. The van der Waals surface area contributed by atoms with Gasteiger partial charge in [-0.2, -0.15) is 0 Å². The fourth-order valence-electron chi connectivity index (χ4n) is 1.55. The Morgan fingerprint density at radius 1 is 1.46 bits per heavy atom. The van der Waals surface area contributed by atoms with E-state index in [-0.39, 0.29) is 6.10 Å². The second-order valence-corrected chi connectivity index (χ2v) is 4.02. The number of para-hydroxylation sites is 1. The van der Waals surface area contributed by atoms with Crippen molar-refractivity contribution in [1.82, 2.24) is 0 Å². The molecule has 2 nitrogen and oxygen atoms in total. The summed E-state index contributed by atoms with van der Waals surface area (Å²) < 4.78 is 6.46. The predicted octanol–water partition coefficient (Wildman–Crippen LogP) is 2.66. The van der Waals surface area contributed by atoms with E-state index < -0.39 is 0 Å². The molecule has 1 N–H and O–H groups in total. The van der Waals surface area contributed by atoms with Crippen molar-refractivity contribution in [2.45, 2.75) is 18.9 Å². The molecule has 1 aliphatic heterocycles. The Kier molecular flexibility index (Phi) is 2.56. The van der Waals surface area contributed by atoms with Crippen LogP contribution in [0, 0.1) is 0 Å². The van der Waals surface area contributed by atoms with Crippen molar-refractivity contribution in [2.24, 2.45) is 0 Å². The summed E-state index contributed by atoms with van der Waals surface area (Å²) in [6.07, 6.45) is 1.31. The topological polar surface area (TPSA) is 29.5 Å². The summed E-state index contributed by atoms with van der Waals surface area (Å²) in [6, 6.07) is 5.76. The van der Waals surface area contributed by atoms with Crippen molar-refractivity contribution in [3.05, 3.63) is 28.2 Å². The van der Waals surface area contributed by atoms with Gasteiger partial charge in [-0.05, 0) is 34.8 Å². The summed E-state index contributed by atoms with van der Waals surface area (Å²) >= 11 is 3.41. The number of aliphatic hydroxyl groups excluding tert-OH is 1. The third-order valence-electron chi connectivity index (χ3n) is 2.22. The molecular weight excluding hydrogens is 232 g/mol. The summed E-state index contributed by atoms with van der Waals surface area (Å²) in [7, 11) is 0. The quantitative estimate of drug-likeness (QED) is 0.759. The Hall–Kier alpha value is -0.540. The Morgan fingerprint density at radius 2 is 2.31 bits per heavy atom. The lowest BCUT2D eigenvalue weighted by Crippen LogP contribution is -1.96. The van der Waals surface area contributed by atoms with E-state index in [4.69, 9.17) is 4.74 Å². The molecule has 1 aliphatic rings. The van der Waals surface area contributed by atoms with Crippen molar-refractivity contribution in [1.29, 1.82) is 0 Å². The van der Waals surface area contributed by atoms with Gasteiger partial charge in [0.2, 0.25) is 0 Å². The maximum absolute atomic E-state index is 9.76. The SMILES string of the molecule is OC1CCCOc2c(Br)cccc21. The number of aliphatic hydroxyl groups is 1. The standard InChI is InChI=1S/C10H11BrO2/c11-8-4-1-3-7-9(12)5-2-6-13-10(7)8/h1,3-4,9,12H,2,5-6H2. The highest BCUT2D eigenvalue weighted by molar-refractivity contribution is 9.10. The number of hydrogen-bond donors (Lipinski definition) is 1. The van der Waals surface area contributed by atoms with Crippen molar-refractivity contribution in [3.8, 4) is 5.75 Å². The van der Waals surface area contributed by atoms with Crippen molar-refractivity contribution in [2.75, 3.05) is 6.61 Å². The third-order valence-corrected chi connectivity index (χ3v) is 2.85. The summed E-state index contributed by atoms with van der Waals surface area (Å²) in [4.78, 5) is 0. The van der Waals surface area contributed by atoms with Crippen LogP contribution in [0.3, 0.4) is 0 Å². The zero-order valence-corrected chi connectivity index (χ0v) is 8.75. The minimum absolute atomic E-state index is 0.380. The predicted molar refractivity (Wildman–Crippen MR) is 53.8 cm³/mol. The monoisotopic (exact) mass is 242 g/mol. The van der Waals surface area contributed by atoms with Crippen molar-refractivity contribution in [3.63, 3.8) is 0 Å². The first-order valence-corrected chi connectivity index (χ1v) is 5.17. The van der Waals surface area contributed by atoms with Crippen LogP contribution < -0.4 is 4.74 Å². The lowest BCUT2D eigenvalue weighted by Gasteiger charge is -2.11. The Balaban J connectivity index is 2.47. The van der Waals surface area contributed by atoms with Gasteiger partial charge in [-0.25, -0.2) is 0 Å². The van der Waals surface area contributed by atoms with Gasteiger partial charge in [0.25, 0.3) is 0 Å². The maximum atomic E-state index is 9.76. The highest BCUT2D eigenvalue weighted by atomic mass is 79.9. The zero-order chi connectivity index (χ0) is 9.26. The van der Waals surface area contributed by atoms with Crippen LogP contribution in [-0.4, -0.2) is 11.7 Å². The number of benzene rings is 1. The van der Waals surface area contributed by atoms with E-state index in [0.717, 1.165) is 28.6 Å². The molecule has 0 radical (unpaired) electrons. The molecule has 1 aromatic carbocycles. The summed E-state index contributed by atoms with van der Waals surface area (Å²) in [5.41, 5.74) is 0.895. The normalized spacial score (nSPS) is 21.5. The van der Waals surface area contributed by atoms with Gasteiger partial charge in [0.05, 0.1) is 17.2 Å². The molecule has 0 aliphatic carbocycles. The molecule has 2 rings (SSSR count). The first-order chi connectivity index (χ1) is 6.29. The van der Waals surface area contributed by atoms with E-state index in [1.54, 1.807) is 0 Å². The maximum Gasteiger partial charge on any atom is 0.139 e. The highest BCUT2D eigenvalue weighted by Crippen LogP contribution is 2.36. The molecule has 0 saturated heterocycles. The van der Waals surface area contributed by atoms with Crippen molar-refractivity contribution < 1.29 is 9.84 Å². The number of rotatable bonds is 0. The number of ether oxygens (including phenoxy) is 1. The van der Waals surface area contributed by atoms with E-state index in [2.05, 4.69) is 15.9 Å². The summed E-state index contributed by atoms with van der Waals surface area (Å²) in [5.74, 6) is 0.799. The third kappa shape index (κ3) is 1.71. The molecule has 0 saturated carbocycles. The number of fused-ring (bicyclic) bond motifs is 1. The van der Waals surface area contributed by atoms with Crippen LogP contribution in [0.25, 0.3) is 0 Å². The second kappa shape index (κ2) is 3.68. The average Bonchev–Trinajstić information content (AvgIpc) is 2.30. The van der Waals surface area contributed by atoms with Gasteiger partial charge in [0, 0.05) is 5.56 Å². The molecule has 0 spiro atoms. The molecule has 1 unspecified atom stereocenters. The van der Waals surface area contributed by atoms with Gasteiger partial charge in [-0.3, -0.25) is 0 Å². The fourth-order valence-corrected chi connectivity index (χ4v) is 2.04. The van der Waals surface area contributed by atoms with Crippen LogP contribution in [0.1, 0.15) is 24.5 Å². The molecule has 13 heavy (non-hydrogen) atoms. The summed E-state index contributed by atoms with van der Waals surface area (Å²) in [6.45, 7) is 0.687.